The van der Waals surface area contributed by atoms with Crippen molar-refractivity contribution in [1.29, 1.82) is 0 Å². The zero-order chi connectivity index (χ0) is 17.6. The lowest BCUT2D eigenvalue weighted by atomic mass is 10.2. The Hall–Kier alpha value is -1.67. The molecular formula is C17H23BrN6S. The van der Waals surface area contributed by atoms with E-state index in [1.54, 1.807) is 0 Å². The highest BCUT2D eigenvalue weighted by Gasteiger charge is 2.21. The van der Waals surface area contributed by atoms with Gasteiger partial charge in [-0.25, -0.2) is 4.98 Å². The van der Waals surface area contributed by atoms with Crippen LogP contribution in [0.3, 0.4) is 0 Å². The fourth-order valence-corrected chi connectivity index (χ4v) is 3.81. The van der Waals surface area contributed by atoms with Crippen LogP contribution in [0.1, 0.15) is 18.3 Å². The largest absolute Gasteiger partial charge is 0.352 e. The average Bonchev–Trinajstić information content (AvgIpc) is 3.13. The molecule has 1 N–H and O–H groups in total. The zero-order valence-corrected chi connectivity index (χ0v) is 17.0. The van der Waals surface area contributed by atoms with Gasteiger partial charge in [0.05, 0.1) is 0 Å². The first-order valence-corrected chi connectivity index (χ1v) is 10.0. The first-order chi connectivity index (χ1) is 12.2. The van der Waals surface area contributed by atoms with E-state index in [0.29, 0.717) is 0 Å². The van der Waals surface area contributed by atoms with Gasteiger partial charge < -0.3 is 15.1 Å². The predicted molar refractivity (Wildman–Crippen MR) is 107 cm³/mol. The van der Waals surface area contributed by atoms with Crippen molar-refractivity contribution >= 4 is 38.6 Å². The normalized spacial score (nSPS) is 15.6. The lowest BCUT2D eigenvalue weighted by Crippen LogP contribution is -2.52. The van der Waals surface area contributed by atoms with Gasteiger partial charge in [0.1, 0.15) is 5.82 Å². The van der Waals surface area contributed by atoms with E-state index in [2.05, 4.69) is 76.6 Å². The molecule has 0 unspecified atom stereocenters. The van der Waals surface area contributed by atoms with Crippen LogP contribution in [-0.2, 0) is 13.0 Å². The van der Waals surface area contributed by atoms with Crippen molar-refractivity contribution in [2.24, 2.45) is 4.99 Å². The number of piperazine rings is 1. The van der Waals surface area contributed by atoms with Gasteiger partial charge in [-0.15, -0.1) is 0 Å². The molecule has 2 heterocycles. The third kappa shape index (κ3) is 4.70. The molecule has 0 amide bonds. The number of aryl methyl sites for hydroxylation is 1. The second kappa shape index (κ2) is 8.62. The first-order valence-electron chi connectivity index (χ1n) is 8.47. The molecule has 0 radical (unpaired) electrons. The molecule has 2 aromatic rings. The fraction of sp³-hybridized carbons (Fsp3) is 0.471. The van der Waals surface area contributed by atoms with Crippen LogP contribution in [0.4, 0.5) is 5.13 Å². The minimum Gasteiger partial charge on any atom is -0.352 e. The summed E-state index contributed by atoms with van der Waals surface area (Å²) in [5.41, 5.74) is 1.24. The number of rotatable bonds is 4. The highest BCUT2D eigenvalue weighted by molar-refractivity contribution is 9.10. The monoisotopic (exact) mass is 422 g/mol. The number of nitrogens with one attached hydrogen (secondary N) is 1. The molecule has 25 heavy (non-hydrogen) atoms. The number of nitrogens with zero attached hydrogens (tertiary/aromatic N) is 5. The van der Waals surface area contributed by atoms with E-state index in [1.807, 2.05) is 7.05 Å². The minimum atomic E-state index is 0.774. The molecule has 1 saturated heterocycles. The second-order valence-electron chi connectivity index (χ2n) is 5.85. The van der Waals surface area contributed by atoms with E-state index in [1.165, 1.54) is 17.1 Å². The maximum Gasteiger partial charge on any atom is 0.205 e. The Morgan fingerprint density at radius 2 is 1.96 bits per heavy atom. The molecular weight excluding hydrogens is 400 g/mol. The van der Waals surface area contributed by atoms with Crippen LogP contribution in [0, 0.1) is 0 Å². The van der Waals surface area contributed by atoms with Gasteiger partial charge in [0.2, 0.25) is 5.13 Å². The summed E-state index contributed by atoms with van der Waals surface area (Å²) in [7, 11) is 1.84. The number of aliphatic imine (C=N–C) groups is 1. The third-order valence-corrected chi connectivity index (χ3v) is 5.54. The summed E-state index contributed by atoms with van der Waals surface area (Å²) in [5, 5.41) is 4.50. The summed E-state index contributed by atoms with van der Waals surface area (Å²) >= 11 is 4.97. The van der Waals surface area contributed by atoms with E-state index < -0.39 is 0 Å². The molecule has 1 aliphatic rings. The Balaban J connectivity index is 1.52. The molecule has 0 atom stereocenters. The lowest BCUT2D eigenvalue weighted by molar-refractivity contribution is 0.372. The Morgan fingerprint density at radius 3 is 2.56 bits per heavy atom. The number of hydrogen-bond acceptors (Lipinski definition) is 5. The van der Waals surface area contributed by atoms with E-state index in [4.69, 9.17) is 0 Å². The predicted octanol–water partition coefficient (Wildman–Crippen LogP) is 2.76. The number of anilines is 1. The summed E-state index contributed by atoms with van der Waals surface area (Å²) in [5.74, 6) is 1.89. The Morgan fingerprint density at radius 1 is 1.24 bits per heavy atom. The highest BCUT2D eigenvalue weighted by Crippen LogP contribution is 2.19. The molecule has 3 rings (SSSR count). The number of guanidine groups is 1. The smallest absolute Gasteiger partial charge is 0.205 e. The first kappa shape index (κ1) is 18.1. The van der Waals surface area contributed by atoms with E-state index >= 15 is 0 Å². The quantitative estimate of drug-likeness (QED) is 0.606. The van der Waals surface area contributed by atoms with Crippen LogP contribution in [0.5, 0.6) is 0 Å². The van der Waals surface area contributed by atoms with Gasteiger partial charge in [0.15, 0.2) is 5.96 Å². The van der Waals surface area contributed by atoms with Crippen molar-refractivity contribution in [3.05, 3.63) is 40.1 Å². The fourth-order valence-electron chi connectivity index (χ4n) is 2.74. The Bertz CT molecular complexity index is 706. The number of benzene rings is 1. The Kier molecular flexibility index (Phi) is 6.25. The second-order valence-corrected chi connectivity index (χ2v) is 7.49. The van der Waals surface area contributed by atoms with Gasteiger partial charge in [-0.05, 0) is 17.7 Å². The number of halogens is 1. The maximum absolute atomic E-state index is 4.59. The van der Waals surface area contributed by atoms with Gasteiger partial charge in [0.25, 0.3) is 0 Å². The molecule has 1 aliphatic heterocycles. The van der Waals surface area contributed by atoms with E-state index in [-0.39, 0.29) is 0 Å². The van der Waals surface area contributed by atoms with Gasteiger partial charge in [-0.2, -0.15) is 4.37 Å². The van der Waals surface area contributed by atoms with Crippen LogP contribution >= 0.6 is 27.5 Å². The maximum atomic E-state index is 4.59. The SMILES string of the molecule is CCc1nsc(N2CCN(C(=NC)NCc3ccc(Br)cc3)CC2)n1. The molecule has 0 spiro atoms. The van der Waals surface area contributed by atoms with Crippen LogP contribution in [-0.4, -0.2) is 53.4 Å². The van der Waals surface area contributed by atoms with Crippen molar-refractivity contribution in [2.45, 2.75) is 19.9 Å². The minimum absolute atomic E-state index is 0.774. The molecule has 0 saturated carbocycles. The molecule has 1 fully saturated rings. The molecule has 0 aliphatic carbocycles. The molecule has 6 nitrogen and oxygen atoms in total. The molecule has 1 aromatic heterocycles. The van der Waals surface area contributed by atoms with Crippen molar-refractivity contribution in [2.75, 3.05) is 38.1 Å². The average molecular weight is 423 g/mol. The lowest BCUT2D eigenvalue weighted by Gasteiger charge is -2.36. The highest BCUT2D eigenvalue weighted by atomic mass is 79.9. The van der Waals surface area contributed by atoms with Crippen LogP contribution in [0.15, 0.2) is 33.7 Å². The molecule has 8 heteroatoms. The van der Waals surface area contributed by atoms with Crippen molar-refractivity contribution in [3.8, 4) is 0 Å². The molecule has 1 aromatic carbocycles. The van der Waals surface area contributed by atoms with Crippen LogP contribution in [0.2, 0.25) is 0 Å². The summed E-state index contributed by atoms with van der Waals surface area (Å²) < 4.78 is 5.48. The van der Waals surface area contributed by atoms with Crippen molar-refractivity contribution in [1.82, 2.24) is 19.6 Å². The number of aromatic nitrogens is 2. The summed E-state index contributed by atoms with van der Waals surface area (Å²) in [6, 6.07) is 8.35. The van der Waals surface area contributed by atoms with Gasteiger partial charge >= 0.3 is 0 Å². The van der Waals surface area contributed by atoms with Gasteiger partial charge in [-0.1, -0.05) is 35.0 Å². The van der Waals surface area contributed by atoms with Crippen molar-refractivity contribution in [3.63, 3.8) is 0 Å². The Labute approximate surface area is 161 Å². The summed E-state index contributed by atoms with van der Waals surface area (Å²) in [4.78, 5) is 13.6. The topological polar surface area (TPSA) is 56.7 Å². The summed E-state index contributed by atoms with van der Waals surface area (Å²) in [6.45, 7) is 6.61. The van der Waals surface area contributed by atoms with Gasteiger partial charge in [0, 0.05) is 62.2 Å². The van der Waals surface area contributed by atoms with E-state index in [9.17, 15) is 0 Å². The van der Waals surface area contributed by atoms with Crippen molar-refractivity contribution < 1.29 is 0 Å². The molecule has 134 valence electrons. The zero-order valence-electron chi connectivity index (χ0n) is 14.6. The molecule has 0 bridgehead atoms. The van der Waals surface area contributed by atoms with Gasteiger partial charge in [-0.3, -0.25) is 4.99 Å². The van der Waals surface area contributed by atoms with E-state index in [0.717, 1.165) is 60.5 Å². The van der Waals surface area contributed by atoms with Crippen LogP contribution in [0.25, 0.3) is 0 Å². The number of hydrogen-bond donors (Lipinski definition) is 1. The third-order valence-electron chi connectivity index (χ3n) is 4.20. The summed E-state index contributed by atoms with van der Waals surface area (Å²) in [6.07, 6.45) is 0.892. The van der Waals surface area contributed by atoms with Crippen LogP contribution < -0.4 is 10.2 Å². The standard InChI is InChI=1S/C17H23BrN6S/c1-3-15-21-17(25-22-15)24-10-8-23(9-11-24)16(19-2)20-12-13-4-6-14(18)7-5-13/h4-7H,3,8-12H2,1-2H3,(H,19,20).